The molecule has 0 atom stereocenters. The summed E-state index contributed by atoms with van der Waals surface area (Å²) in [6.07, 6.45) is 0.280. The summed E-state index contributed by atoms with van der Waals surface area (Å²) in [5, 5.41) is 2.81. The molecule has 0 saturated carbocycles. The fraction of sp³-hybridized carbons (Fsp3) is 0.500. The molecule has 140 valence electrons. The lowest BCUT2D eigenvalue weighted by Gasteiger charge is -2.37. The number of nitrogen functional groups attached to an aromatic ring is 1. The smallest absolute Gasteiger partial charge is 0.410 e. The zero-order valence-electron chi connectivity index (χ0n) is 15.2. The van der Waals surface area contributed by atoms with E-state index in [9.17, 15) is 14.4 Å². The standard InChI is InChI=1S/C18H24N4O4/c1-17(2,3)26-16(25)21-9-7-18(8-10-21)14(23)22(15(24)20-18)13-6-4-5-12(19)11-13/h4-6,11H,7-10,19H2,1-3H3,(H,20,24). The van der Waals surface area contributed by atoms with Crippen LogP contribution in [0.2, 0.25) is 0 Å². The van der Waals surface area contributed by atoms with E-state index in [1.54, 1.807) is 49.9 Å². The molecule has 1 aromatic rings. The van der Waals surface area contributed by atoms with Crippen LogP contribution < -0.4 is 16.0 Å². The van der Waals surface area contributed by atoms with Gasteiger partial charge >= 0.3 is 12.1 Å². The topological polar surface area (TPSA) is 105 Å². The molecule has 3 rings (SSSR count). The van der Waals surface area contributed by atoms with Gasteiger partial charge in [-0.05, 0) is 51.8 Å². The SMILES string of the molecule is CC(C)(C)OC(=O)N1CCC2(CC1)NC(=O)N(c1cccc(N)c1)C2=O. The van der Waals surface area contributed by atoms with Crippen LogP contribution in [-0.4, -0.2) is 47.2 Å². The summed E-state index contributed by atoms with van der Waals surface area (Å²) in [5.41, 5.74) is 5.12. The predicted octanol–water partition coefficient (Wildman–Crippen LogP) is 2.09. The third-order valence-corrected chi connectivity index (χ3v) is 4.56. The summed E-state index contributed by atoms with van der Waals surface area (Å²) in [7, 11) is 0. The number of anilines is 2. The van der Waals surface area contributed by atoms with Crippen molar-refractivity contribution in [3.05, 3.63) is 24.3 Å². The van der Waals surface area contributed by atoms with E-state index in [1.165, 1.54) is 0 Å². The molecular weight excluding hydrogens is 336 g/mol. The van der Waals surface area contributed by atoms with Gasteiger partial charge in [0.15, 0.2) is 0 Å². The van der Waals surface area contributed by atoms with Crippen LogP contribution in [0.1, 0.15) is 33.6 Å². The van der Waals surface area contributed by atoms with Crippen molar-refractivity contribution in [1.82, 2.24) is 10.2 Å². The fourth-order valence-corrected chi connectivity index (χ4v) is 3.26. The highest BCUT2D eigenvalue weighted by Crippen LogP contribution is 2.33. The largest absolute Gasteiger partial charge is 0.444 e. The maximum absolute atomic E-state index is 13.0. The van der Waals surface area contributed by atoms with Gasteiger partial charge in [-0.3, -0.25) is 4.79 Å². The van der Waals surface area contributed by atoms with Crippen molar-refractivity contribution < 1.29 is 19.1 Å². The zero-order chi connectivity index (χ0) is 19.1. The monoisotopic (exact) mass is 360 g/mol. The summed E-state index contributed by atoms with van der Waals surface area (Å²) in [6.45, 7) is 6.10. The highest BCUT2D eigenvalue weighted by Gasteiger charge is 2.53. The highest BCUT2D eigenvalue weighted by molar-refractivity contribution is 6.23. The first-order valence-electron chi connectivity index (χ1n) is 8.61. The molecular formula is C18H24N4O4. The second-order valence-electron chi connectivity index (χ2n) is 7.72. The Morgan fingerprint density at radius 3 is 2.46 bits per heavy atom. The Kier molecular flexibility index (Phi) is 4.29. The number of nitrogens with two attached hydrogens (primary N) is 1. The Morgan fingerprint density at radius 1 is 1.23 bits per heavy atom. The lowest BCUT2D eigenvalue weighted by atomic mass is 9.87. The number of likely N-dealkylation sites (tertiary alicyclic amines) is 1. The number of piperidine rings is 1. The van der Waals surface area contributed by atoms with E-state index < -0.39 is 23.3 Å². The zero-order valence-corrected chi connectivity index (χ0v) is 15.2. The van der Waals surface area contributed by atoms with Crippen molar-refractivity contribution in [3.63, 3.8) is 0 Å². The lowest BCUT2D eigenvalue weighted by molar-refractivity contribution is -0.123. The molecule has 8 heteroatoms. The summed E-state index contributed by atoms with van der Waals surface area (Å²) in [4.78, 5) is 40.3. The van der Waals surface area contributed by atoms with Gasteiger partial charge < -0.3 is 20.7 Å². The maximum atomic E-state index is 13.0. The first-order valence-corrected chi connectivity index (χ1v) is 8.61. The molecule has 2 saturated heterocycles. The Labute approximate surface area is 152 Å². The highest BCUT2D eigenvalue weighted by atomic mass is 16.6. The molecule has 0 aromatic heterocycles. The molecule has 0 aliphatic carbocycles. The molecule has 4 amide bonds. The number of urea groups is 1. The van der Waals surface area contributed by atoms with Crippen LogP contribution in [0.15, 0.2) is 24.3 Å². The number of ether oxygens (including phenoxy) is 1. The number of benzene rings is 1. The number of nitrogens with one attached hydrogen (secondary N) is 1. The maximum Gasteiger partial charge on any atom is 0.410 e. The molecule has 8 nitrogen and oxygen atoms in total. The first-order chi connectivity index (χ1) is 12.1. The fourth-order valence-electron chi connectivity index (χ4n) is 3.26. The summed E-state index contributed by atoms with van der Waals surface area (Å²) in [5.74, 6) is -0.308. The van der Waals surface area contributed by atoms with Gasteiger partial charge in [0, 0.05) is 18.8 Å². The molecule has 0 unspecified atom stereocenters. The number of carbonyl (C=O) groups is 3. The Bertz CT molecular complexity index is 748. The van der Waals surface area contributed by atoms with Crippen molar-refractivity contribution >= 4 is 29.4 Å². The van der Waals surface area contributed by atoms with Crippen LogP contribution >= 0.6 is 0 Å². The van der Waals surface area contributed by atoms with Gasteiger partial charge in [-0.25, -0.2) is 14.5 Å². The minimum atomic E-state index is -0.986. The third kappa shape index (κ3) is 3.31. The molecule has 2 heterocycles. The van der Waals surface area contributed by atoms with Gasteiger partial charge in [0.1, 0.15) is 11.1 Å². The van der Waals surface area contributed by atoms with Crippen LogP contribution in [-0.2, 0) is 9.53 Å². The van der Waals surface area contributed by atoms with E-state index in [-0.39, 0.29) is 5.91 Å². The van der Waals surface area contributed by atoms with E-state index in [0.717, 1.165) is 4.90 Å². The van der Waals surface area contributed by atoms with Crippen LogP contribution in [0.5, 0.6) is 0 Å². The summed E-state index contributed by atoms with van der Waals surface area (Å²) in [6, 6.07) is 6.18. The lowest BCUT2D eigenvalue weighted by Crippen LogP contribution is -2.56. The Balaban J connectivity index is 1.72. The minimum absolute atomic E-state index is 0.308. The summed E-state index contributed by atoms with van der Waals surface area (Å²) < 4.78 is 5.37. The first kappa shape index (κ1) is 18.0. The van der Waals surface area contributed by atoms with Crippen molar-refractivity contribution in [2.75, 3.05) is 23.7 Å². The number of rotatable bonds is 1. The molecule has 0 bridgehead atoms. The van der Waals surface area contributed by atoms with Crippen molar-refractivity contribution in [1.29, 1.82) is 0 Å². The van der Waals surface area contributed by atoms with Gasteiger partial charge in [0.2, 0.25) is 0 Å². The number of carbonyl (C=O) groups excluding carboxylic acids is 3. The second kappa shape index (κ2) is 6.19. The quantitative estimate of drug-likeness (QED) is 0.589. The molecule has 2 aliphatic heterocycles. The minimum Gasteiger partial charge on any atom is -0.444 e. The second-order valence-corrected chi connectivity index (χ2v) is 7.72. The predicted molar refractivity (Wildman–Crippen MR) is 96.6 cm³/mol. The molecule has 3 N–H and O–H groups in total. The van der Waals surface area contributed by atoms with E-state index in [0.29, 0.717) is 37.3 Å². The molecule has 2 fully saturated rings. The van der Waals surface area contributed by atoms with Gasteiger partial charge in [-0.1, -0.05) is 6.07 Å². The van der Waals surface area contributed by atoms with Gasteiger partial charge in [-0.15, -0.1) is 0 Å². The van der Waals surface area contributed by atoms with E-state index in [1.807, 2.05) is 0 Å². The Hall–Kier alpha value is -2.77. The van der Waals surface area contributed by atoms with Gasteiger partial charge in [-0.2, -0.15) is 0 Å². The third-order valence-electron chi connectivity index (χ3n) is 4.56. The molecule has 1 spiro atoms. The average Bonchev–Trinajstić information content (AvgIpc) is 2.77. The molecule has 1 aromatic carbocycles. The van der Waals surface area contributed by atoms with Crippen LogP contribution in [0.4, 0.5) is 21.0 Å². The Morgan fingerprint density at radius 2 is 1.88 bits per heavy atom. The van der Waals surface area contributed by atoms with Crippen LogP contribution in [0, 0.1) is 0 Å². The number of nitrogens with zero attached hydrogens (tertiary/aromatic N) is 2. The van der Waals surface area contributed by atoms with Crippen molar-refractivity contribution in [2.24, 2.45) is 0 Å². The normalized spacial score (nSPS) is 19.7. The van der Waals surface area contributed by atoms with Gasteiger partial charge in [0.25, 0.3) is 5.91 Å². The van der Waals surface area contributed by atoms with E-state index >= 15 is 0 Å². The average molecular weight is 360 g/mol. The number of hydrogen-bond donors (Lipinski definition) is 2. The molecule has 2 aliphatic rings. The van der Waals surface area contributed by atoms with Crippen molar-refractivity contribution in [2.45, 2.75) is 44.8 Å². The molecule has 0 radical (unpaired) electrons. The van der Waals surface area contributed by atoms with Gasteiger partial charge in [0.05, 0.1) is 5.69 Å². The van der Waals surface area contributed by atoms with Crippen LogP contribution in [0.25, 0.3) is 0 Å². The van der Waals surface area contributed by atoms with E-state index in [2.05, 4.69) is 5.32 Å². The number of amides is 4. The number of hydrogen-bond acceptors (Lipinski definition) is 5. The van der Waals surface area contributed by atoms with Crippen LogP contribution in [0.3, 0.4) is 0 Å². The number of imide groups is 1. The molecule has 26 heavy (non-hydrogen) atoms. The van der Waals surface area contributed by atoms with E-state index in [4.69, 9.17) is 10.5 Å². The van der Waals surface area contributed by atoms with Crippen molar-refractivity contribution in [3.8, 4) is 0 Å². The summed E-state index contributed by atoms with van der Waals surface area (Å²) >= 11 is 0.